The Balaban J connectivity index is 1.79. The summed E-state index contributed by atoms with van der Waals surface area (Å²) >= 11 is 0. The minimum absolute atomic E-state index is 1.02. The van der Waals surface area contributed by atoms with Gasteiger partial charge in [-0.2, -0.15) is 0 Å². The van der Waals surface area contributed by atoms with E-state index < -0.39 is 0 Å². The highest BCUT2D eigenvalue weighted by Gasteiger charge is 2.27. The van der Waals surface area contributed by atoms with Crippen molar-refractivity contribution >= 4 is 0 Å². The van der Waals surface area contributed by atoms with Crippen LogP contribution in [-0.2, 0) is 0 Å². The third-order valence-corrected chi connectivity index (χ3v) is 2.48. The molecule has 0 amide bonds. The molecule has 1 aliphatic heterocycles. The first-order valence-corrected chi connectivity index (χ1v) is 3.71. The van der Waals surface area contributed by atoms with Crippen molar-refractivity contribution in [1.29, 1.82) is 0 Å². The van der Waals surface area contributed by atoms with Gasteiger partial charge in [0.25, 0.3) is 0 Å². The van der Waals surface area contributed by atoms with Gasteiger partial charge in [-0.05, 0) is 32.4 Å². The van der Waals surface area contributed by atoms with E-state index in [1.807, 2.05) is 0 Å². The molecule has 0 radical (unpaired) electrons. The lowest BCUT2D eigenvalue weighted by Crippen LogP contribution is -2.48. The second kappa shape index (κ2) is 1.73. The number of nitrogens with zero attached hydrogens (tertiary/aromatic N) is 1. The normalized spacial score (nSPS) is 31.5. The van der Waals surface area contributed by atoms with Crippen LogP contribution in [0.5, 0.6) is 0 Å². The first kappa shape index (κ1) is 4.80. The molecule has 0 atom stereocenters. The van der Waals surface area contributed by atoms with Crippen LogP contribution in [-0.4, -0.2) is 24.0 Å². The smallest absolute Gasteiger partial charge is 0.00952 e. The summed E-state index contributed by atoms with van der Waals surface area (Å²) in [4.78, 5) is 2.61. The summed E-state index contributed by atoms with van der Waals surface area (Å²) in [5.74, 6) is 0. The Labute approximate surface area is 50.7 Å². The third-order valence-electron chi connectivity index (χ3n) is 2.48. The van der Waals surface area contributed by atoms with Crippen LogP contribution >= 0.6 is 0 Å². The van der Waals surface area contributed by atoms with Crippen LogP contribution in [0.3, 0.4) is 0 Å². The van der Waals surface area contributed by atoms with Crippen molar-refractivity contribution in [2.45, 2.75) is 31.7 Å². The molecule has 0 spiro atoms. The molecule has 0 aromatic heterocycles. The molecule has 1 nitrogen and oxygen atoms in total. The van der Waals surface area contributed by atoms with Crippen molar-refractivity contribution in [3.63, 3.8) is 0 Å². The second-order valence-electron chi connectivity index (χ2n) is 2.97. The highest BCUT2D eigenvalue weighted by molar-refractivity contribution is 4.84. The maximum Gasteiger partial charge on any atom is 0.00952 e. The van der Waals surface area contributed by atoms with Gasteiger partial charge in [-0.25, -0.2) is 0 Å². The minimum atomic E-state index is 1.02. The van der Waals surface area contributed by atoms with Crippen molar-refractivity contribution in [3.8, 4) is 0 Å². The van der Waals surface area contributed by atoms with Crippen molar-refractivity contribution in [3.05, 3.63) is 0 Å². The van der Waals surface area contributed by atoms with Crippen LogP contribution < -0.4 is 0 Å². The summed E-state index contributed by atoms with van der Waals surface area (Å²) in [5, 5.41) is 0. The van der Waals surface area contributed by atoms with Gasteiger partial charge in [0.05, 0.1) is 0 Å². The summed E-state index contributed by atoms with van der Waals surface area (Å²) in [7, 11) is 0. The van der Waals surface area contributed by atoms with E-state index in [2.05, 4.69) is 4.90 Å². The van der Waals surface area contributed by atoms with E-state index in [9.17, 15) is 0 Å². The van der Waals surface area contributed by atoms with Gasteiger partial charge in [0, 0.05) is 6.04 Å². The minimum Gasteiger partial charge on any atom is -0.300 e. The second-order valence-corrected chi connectivity index (χ2v) is 2.97. The fraction of sp³-hybridized carbons (Fsp3) is 1.00. The van der Waals surface area contributed by atoms with Crippen LogP contribution in [0, 0.1) is 0 Å². The topological polar surface area (TPSA) is 3.24 Å². The maximum atomic E-state index is 2.61. The molecular formula is C7H13N. The summed E-state index contributed by atoms with van der Waals surface area (Å²) in [6.45, 7) is 2.79. The first-order chi connectivity index (χ1) is 3.97. The van der Waals surface area contributed by atoms with Crippen molar-refractivity contribution in [2.75, 3.05) is 13.1 Å². The highest BCUT2D eigenvalue weighted by atomic mass is 15.2. The molecule has 46 valence electrons. The summed E-state index contributed by atoms with van der Waals surface area (Å²) < 4.78 is 0. The molecule has 0 N–H and O–H groups in total. The molecule has 1 saturated carbocycles. The van der Waals surface area contributed by atoms with E-state index in [0.717, 1.165) is 6.04 Å². The molecule has 0 bridgehead atoms. The molecule has 2 rings (SSSR count). The van der Waals surface area contributed by atoms with Gasteiger partial charge in [0.2, 0.25) is 0 Å². The zero-order valence-electron chi connectivity index (χ0n) is 5.27. The maximum absolute atomic E-state index is 2.61. The largest absolute Gasteiger partial charge is 0.300 e. The highest BCUT2D eigenvalue weighted by Crippen LogP contribution is 2.27. The average Bonchev–Trinajstić information content (AvgIpc) is 1.47. The molecule has 0 unspecified atom stereocenters. The van der Waals surface area contributed by atoms with Gasteiger partial charge < -0.3 is 4.90 Å². The van der Waals surface area contributed by atoms with Crippen LogP contribution in [0.15, 0.2) is 0 Å². The third kappa shape index (κ3) is 0.576. The molecule has 1 aliphatic carbocycles. The predicted octanol–water partition coefficient (Wildman–Crippen LogP) is 1.24. The molecular weight excluding hydrogens is 98.1 g/mol. The number of rotatable bonds is 1. The predicted molar refractivity (Wildman–Crippen MR) is 33.8 cm³/mol. The Bertz CT molecular complexity index is 70.4. The molecule has 2 aliphatic rings. The van der Waals surface area contributed by atoms with E-state index in [1.54, 1.807) is 0 Å². The zero-order chi connectivity index (χ0) is 5.40. The Kier molecular flexibility index (Phi) is 1.04. The first-order valence-electron chi connectivity index (χ1n) is 3.71. The van der Waals surface area contributed by atoms with Crippen LogP contribution in [0.2, 0.25) is 0 Å². The van der Waals surface area contributed by atoms with E-state index in [0.29, 0.717) is 0 Å². The molecule has 8 heavy (non-hydrogen) atoms. The quantitative estimate of drug-likeness (QED) is 0.492. The molecule has 0 aromatic carbocycles. The Morgan fingerprint density at radius 3 is 1.88 bits per heavy atom. The van der Waals surface area contributed by atoms with Crippen LogP contribution in [0.25, 0.3) is 0 Å². The standard InChI is InChI=1S/C7H13N/c1-3-7(4-1)8-5-2-6-8/h7H,1-6H2. The lowest BCUT2D eigenvalue weighted by atomic mass is 9.89. The van der Waals surface area contributed by atoms with Crippen molar-refractivity contribution in [2.24, 2.45) is 0 Å². The zero-order valence-corrected chi connectivity index (χ0v) is 5.27. The average molecular weight is 111 g/mol. The van der Waals surface area contributed by atoms with Gasteiger partial charge in [-0.15, -0.1) is 0 Å². The van der Waals surface area contributed by atoms with E-state index in [1.165, 1.54) is 38.8 Å². The lowest BCUT2D eigenvalue weighted by molar-refractivity contribution is 0.0676. The Morgan fingerprint density at radius 1 is 1.00 bits per heavy atom. The lowest BCUT2D eigenvalue weighted by Gasteiger charge is -2.43. The van der Waals surface area contributed by atoms with Gasteiger partial charge in [-0.3, -0.25) is 0 Å². The van der Waals surface area contributed by atoms with E-state index in [4.69, 9.17) is 0 Å². The fourth-order valence-corrected chi connectivity index (χ4v) is 1.46. The fourth-order valence-electron chi connectivity index (χ4n) is 1.46. The monoisotopic (exact) mass is 111 g/mol. The SMILES string of the molecule is C1CC(N2CCC2)C1. The summed E-state index contributed by atoms with van der Waals surface area (Å²) in [6.07, 6.45) is 5.91. The van der Waals surface area contributed by atoms with Gasteiger partial charge in [0.1, 0.15) is 0 Å². The van der Waals surface area contributed by atoms with Gasteiger partial charge in [0.15, 0.2) is 0 Å². The Hall–Kier alpha value is -0.0400. The van der Waals surface area contributed by atoms with Crippen molar-refractivity contribution in [1.82, 2.24) is 4.90 Å². The van der Waals surface area contributed by atoms with E-state index in [-0.39, 0.29) is 0 Å². The number of likely N-dealkylation sites (tertiary alicyclic amines) is 1. The molecule has 1 saturated heterocycles. The molecule has 0 aromatic rings. The van der Waals surface area contributed by atoms with Crippen LogP contribution in [0.4, 0.5) is 0 Å². The molecule has 2 fully saturated rings. The number of hydrogen-bond acceptors (Lipinski definition) is 1. The van der Waals surface area contributed by atoms with E-state index >= 15 is 0 Å². The molecule has 1 heterocycles. The summed E-state index contributed by atoms with van der Waals surface area (Å²) in [6, 6.07) is 1.02. The van der Waals surface area contributed by atoms with Gasteiger partial charge in [-0.1, -0.05) is 6.42 Å². The van der Waals surface area contributed by atoms with Gasteiger partial charge >= 0.3 is 0 Å². The van der Waals surface area contributed by atoms with Crippen LogP contribution in [0.1, 0.15) is 25.7 Å². The summed E-state index contributed by atoms with van der Waals surface area (Å²) in [5.41, 5.74) is 0. The Morgan fingerprint density at radius 2 is 1.75 bits per heavy atom. The van der Waals surface area contributed by atoms with Crippen molar-refractivity contribution < 1.29 is 0 Å². The number of hydrogen-bond donors (Lipinski definition) is 0. The molecule has 1 heteroatoms.